The lowest BCUT2D eigenvalue weighted by molar-refractivity contribution is 0.515. The molecule has 0 saturated carbocycles. The molecule has 0 aromatic heterocycles. The molecule has 8 heteroatoms. The molecule has 3 aromatic carbocycles. The monoisotopic (exact) mass is 663 g/mol. The zero-order chi connectivity index (χ0) is 31.4. The standard InChI is InChI=1S/C34H45Cl2NO2P2S/c1-31(2,3)22-18-25(33(7,8)9)29-27(20-22)42-28-21-23(32(4,5)6)19-26(34(10,11)12)30(28)39-41(36)37(40(35)38-29)24-16-14-13-15-17-24/h13-21H,1-12H3. The first kappa shape index (κ1) is 33.7. The van der Waals surface area contributed by atoms with E-state index in [2.05, 4.69) is 107 Å². The summed E-state index contributed by atoms with van der Waals surface area (Å²) in [4.78, 5) is 2.06. The third-order valence-electron chi connectivity index (χ3n) is 7.30. The Labute approximate surface area is 270 Å². The summed E-state index contributed by atoms with van der Waals surface area (Å²) in [6, 6.07) is 19.1. The van der Waals surface area contributed by atoms with Gasteiger partial charge in [-0.2, -0.15) is 0 Å². The third-order valence-corrected chi connectivity index (χ3v) is 13.0. The summed E-state index contributed by atoms with van der Waals surface area (Å²) in [5, 5.41) is 0. The maximum Gasteiger partial charge on any atom is 0.303 e. The predicted molar refractivity (Wildman–Crippen MR) is 188 cm³/mol. The fourth-order valence-corrected chi connectivity index (χ4v) is 10.4. The Kier molecular flexibility index (Phi) is 9.62. The fourth-order valence-electron chi connectivity index (χ4n) is 4.67. The summed E-state index contributed by atoms with van der Waals surface area (Å²) in [5.41, 5.74) is 5.15. The molecule has 42 heavy (non-hydrogen) atoms. The Balaban J connectivity index is 2.12. The van der Waals surface area contributed by atoms with Crippen LogP contribution >= 0.6 is 49.5 Å². The topological polar surface area (TPSA) is 21.7 Å². The van der Waals surface area contributed by atoms with Crippen molar-refractivity contribution >= 4 is 55.2 Å². The van der Waals surface area contributed by atoms with Crippen LogP contribution in [0.1, 0.15) is 105 Å². The maximum atomic E-state index is 7.25. The normalized spacial score (nSPS) is 18.5. The van der Waals surface area contributed by atoms with Gasteiger partial charge in [-0.3, -0.25) is 0 Å². The van der Waals surface area contributed by atoms with Gasteiger partial charge in [0.05, 0.1) is 15.5 Å². The van der Waals surface area contributed by atoms with Crippen molar-refractivity contribution in [3.05, 3.63) is 76.9 Å². The van der Waals surface area contributed by atoms with Crippen LogP contribution in [-0.2, 0) is 21.7 Å². The smallest absolute Gasteiger partial charge is 0.303 e. The minimum atomic E-state index is -1.72. The molecule has 1 aliphatic heterocycles. The van der Waals surface area contributed by atoms with Crippen molar-refractivity contribution < 1.29 is 9.05 Å². The van der Waals surface area contributed by atoms with Crippen LogP contribution in [0.2, 0.25) is 0 Å². The van der Waals surface area contributed by atoms with Crippen LogP contribution in [0.5, 0.6) is 11.5 Å². The second kappa shape index (κ2) is 12.0. The van der Waals surface area contributed by atoms with Crippen LogP contribution in [-0.4, -0.2) is 0 Å². The van der Waals surface area contributed by atoms with Gasteiger partial charge in [0.2, 0.25) is 0 Å². The van der Waals surface area contributed by atoms with Crippen molar-refractivity contribution in [3.8, 4) is 11.5 Å². The number of hydrogen-bond donors (Lipinski definition) is 0. The average Bonchev–Trinajstić information content (AvgIpc) is 2.83. The minimum Gasteiger partial charge on any atom is -0.439 e. The lowest BCUT2D eigenvalue weighted by Crippen LogP contribution is -2.21. The Bertz CT molecular complexity index is 1350. The van der Waals surface area contributed by atoms with Crippen molar-refractivity contribution in [2.45, 2.75) is 115 Å². The van der Waals surface area contributed by atoms with Crippen molar-refractivity contribution in [1.82, 2.24) is 0 Å². The fraction of sp³-hybridized carbons (Fsp3) is 0.471. The van der Waals surface area contributed by atoms with Crippen LogP contribution < -0.4 is 13.5 Å². The highest BCUT2D eigenvalue weighted by atomic mass is 35.7. The van der Waals surface area contributed by atoms with E-state index in [1.54, 1.807) is 11.8 Å². The van der Waals surface area contributed by atoms with Crippen LogP contribution in [0.25, 0.3) is 0 Å². The number of hydrogen-bond acceptors (Lipinski definition) is 4. The van der Waals surface area contributed by atoms with Crippen molar-refractivity contribution in [2.75, 3.05) is 4.44 Å². The van der Waals surface area contributed by atoms with Gasteiger partial charge < -0.3 is 9.05 Å². The molecule has 0 amide bonds. The quantitative estimate of drug-likeness (QED) is 0.241. The molecular weight excluding hydrogens is 619 g/mol. The van der Waals surface area contributed by atoms with Gasteiger partial charge in [0.15, 0.2) is 0 Å². The highest BCUT2D eigenvalue weighted by Crippen LogP contribution is 2.67. The molecule has 0 radical (unpaired) electrons. The van der Waals surface area contributed by atoms with Gasteiger partial charge in [-0.25, -0.2) is 4.44 Å². The number of fused-ring (bicyclic) bond motifs is 2. The Hall–Kier alpha value is -1.15. The van der Waals surface area contributed by atoms with E-state index in [-0.39, 0.29) is 21.7 Å². The first-order valence-corrected chi connectivity index (χ1v) is 19.4. The largest absolute Gasteiger partial charge is 0.439 e. The van der Waals surface area contributed by atoms with Gasteiger partial charge in [-0.05, 0) is 79.5 Å². The van der Waals surface area contributed by atoms with Gasteiger partial charge in [-0.15, -0.1) is 0 Å². The van der Waals surface area contributed by atoms with Gasteiger partial charge in [-0.1, -0.05) is 125 Å². The van der Waals surface area contributed by atoms with Crippen molar-refractivity contribution in [2.24, 2.45) is 0 Å². The number of rotatable bonds is 1. The Morgan fingerprint density at radius 1 is 0.571 bits per heavy atom. The van der Waals surface area contributed by atoms with Gasteiger partial charge in [0, 0.05) is 11.1 Å². The van der Waals surface area contributed by atoms with Crippen molar-refractivity contribution in [3.63, 3.8) is 0 Å². The Morgan fingerprint density at radius 2 is 0.952 bits per heavy atom. The lowest BCUT2D eigenvalue weighted by atomic mass is 9.80. The number of halogens is 2. The van der Waals surface area contributed by atoms with Crippen LogP contribution in [0.3, 0.4) is 0 Å². The molecule has 0 N–H and O–H groups in total. The number of nitrogens with zero attached hydrogens (tertiary/aromatic N) is 1. The van der Waals surface area contributed by atoms with Crippen LogP contribution in [0.4, 0.5) is 5.69 Å². The molecule has 0 fully saturated rings. The van der Waals surface area contributed by atoms with E-state index in [4.69, 9.17) is 31.5 Å². The van der Waals surface area contributed by atoms with Gasteiger partial charge >= 0.3 is 15.3 Å². The van der Waals surface area contributed by atoms with Crippen molar-refractivity contribution in [1.29, 1.82) is 0 Å². The van der Waals surface area contributed by atoms with E-state index >= 15 is 0 Å². The molecule has 2 atom stereocenters. The molecule has 2 unspecified atom stereocenters. The summed E-state index contributed by atoms with van der Waals surface area (Å²) in [6.45, 7) is 26.9. The highest BCUT2D eigenvalue weighted by molar-refractivity contribution is 8.00. The molecule has 3 nitrogen and oxygen atoms in total. The SMILES string of the molecule is CC(C)(C)c1cc2c(c(C(C)(C)C)c1)OP(Cl)N(c1ccccc1)P(Cl)Oc1c(cc(C(C)(C)C)cc1C(C)(C)C)S2. The van der Waals surface area contributed by atoms with E-state index < -0.39 is 15.3 Å². The second-order valence-corrected chi connectivity index (χ2v) is 20.3. The summed E-state index contributed by atoms with van der Waals surface area (Å²) < 4.78 is 15.6. The van der Waals surface area contributed by atoms with Gasteiger partial charge in [0.1, 0.15) is 11.5 Å². The molecule has 0 bridgehead atoms. The average molecular weight is 665 g/mol. The molecule has 0 aliphatic carbocycles. The summed E-state index contributed by atoms with van der Waals surface area (Å²) in [7, 11) is -3.44. The first-order valence-electron chi connectivity index (χ1n) is 14.4. The maximum absolute atomic E-state index is 7.25. The minimum absolute atomic E-state index is 0.0553. The molecular formula is C34H45Cl2NO2P2S. The zero-order valence-electron chi connectivity index (χ0n) is 27.0. The lowest BCUT2D eigenvalue weighted by Gasteiger charge is -2.36. The second-order valence-electron chi connectivity index (χ2n) is 15.1. The molecule has 0 spiro atoms. The van der Waals surface area contributed by atoms with E-state index in [1.165, 1.54) is 11.1 Å². The number of benzene rings is 3. The first-order chi connectivity index (χ1) is 19.2. The van der Waals surface area contributed by atoms with E-state index in [0.717, 1.165) is 38.1 Å². The van der Waals surface area contributed by atoms with E-state index in [0.29, 0.717) is 0 Å². The number of para-hydroxylation sites is 1. The molecule has 4 rings (SSSR count). The highest BCUT2D eigenvalue weighted by Gasteiger charge is 2.37. The summed E-state index contributed by atoms with van der Waals surface area (Å²) >= 11 is 16.2. The van der Waals surface area contributed by atoms with Crippen LogP contribution in [0.15, 0.2) is 64.4 Å². The van der Waals surface area contributed by atoms with Crippen LogP contribution in [0, 0.1) is 0 Å². The Morgan fingerprint density at radius 3 is 1.29 bits per heavy atom. The summed E-state index contributed by atoms with van der Waals surface area (Å²) in [6.07, 6.45) is 0. The number of anilines is 1. The van der Waals surface area contributed by atoms with E-state index in [9.17, 15) is 0 Å². The van der Waals surface area contributed by atoms with E-state index in [1.807, 2.05) is 34.8 Å². The molecule has 1 aliphatic rings. The molecule has 0 saturated heterocycles. The molecule has 228 valence electrons. The summed E-state index contributed by atoms with van der Waals surface area (Å²) in [5.74, 6) is 1.63. The zero-order valence-corrected chi connectivity index (χ0v) is 31.1. The third kappa shape index (κ3) is 7.38. The molecule has 1 heterocycles. The predicted octanol–water partition coefficient (Wildman–Crippen LogP) is 13.2. The van der Waals surface area contributed by atoms with Gasteiger partial charge in [0.25, 0.3) is 0 Å². The molecule has 3 aromatic rings.